The van der Waals surface area contributed by atoms with Gasteiger partial charge in [-0.25, -0.2) is 0 Å². The standard InChI is InChI=1S/C28H30O2Si2/c1-29-32(27-19-11-5-12-20-27,28-21-13-6-14-22-28)30-23-24-31(2,25-15-7-3-8-16-25)26-17-9-4-10-18-26/h3-22H,23-24H2,1-2H3. The Morgan fingerprint density at radius 2 is 0.875 bits per heavy atom. The molecule has 4 rings (SSSR count). The third-order valence-corrected chi connectivity index (χ3v) is 14.1. The Balaban J connectivity index is 1.67. The van der Waals surface area contributed by atoms with E-state index in [2.05, 4.69) is 116 Å². The second kappa shape index (κ2) is 10.2. The second-order valence-corrected chi connectivity index (χ2v) is 15.6. The molecule has 0 fully saturated rings. The van der Waals surface area contributed by atoms with Gasteiger partial charge in [0, 0.05) is 13.7 Å². The SMILES string of the molecule is CO[Si](OCC[Si](C)(c1ccccc1)c1ccccc1)(c1ccccc1)c1ccccc1. The highest BCUT2D eigenvalue weighted by Crippen LogP contribution is 2.15. The van der Waals surface area contributed by atoms with Gasteiger partial charge in [-0.1, -0.05) is 138 Å². The van der Waals surface area contributed by atoms with Crippen molar-refractivity contribution in [3.63, 3.8) is 0 Å². The topological polar surface area (TPSA) is 18.5 Å². The second-order valence-electron chi connectivity index (χ2n) is 8.22. The van der Waals surface area contributed by atoms with Crippen LogP contribution in [0.2, 0.25) is 12.6 Å². The van der Waals surface area contributed by atoms with Crippen LogP contribution in [0.25, 0.3) is 0 Å². The number of hydrogen-bond acceptors (Lipinski definition) is 2. The average molecular weight is 455 g/mol. The Morgan fingerprint density at radius 3 is 1.22 bits per heavy atom. The molecule has 0 bridgehead atoms. The molecule has 0 atom stereocenters. The molecule has 0 amide bonds. The Bertz CT molecular complexity index is 1010. The first kappa shape index (κ1) is 22.4. The summed E-state index contributed by atoms with van der Waals surface area (Å²) in [4.78, 5) is 0. The van der Waals surface area contributed by atoms with Gasteiger partial charge in [-0.05, 0) is 16.4 Å². The van der Waals surface area contributed by atoms with Gasteiger partial charge in [0.25, 0.3) is 0 Å². The summed E-state index contributed by atoms with van der Waals surface area (Å²) < 4.78 is 13.1. The highest BCUT2D eigenvalue weighted by molar-refractivity contribution is 7.01. The zero-order valence-corrected chi connectivity index (χ0v) is 20.8. The van der Waals surface area contributed by atoms with Gasteiger partial charge >= 0.3 is 8.56 Å². The summed E-state index contributed by atoms with van der Waals surface area (Å²) in [6, 6.07) is 43.7. The average Bonchev–Trinajstić information content (AvgIpc) is 2.89. The van der Waals surface area contributed by atoms with Gasteiger partial charge in [0.15, 0.2) is 0 Å². The van der Waals surface area contributed by atoms with Crippen LogP contribution in [0.5, 0.6) is 0 Å². The normalized spacial score (nSPS) is 11.9. The lowest BCUT2D eigenvalue weighted by molar-refractivity contribution is 0.235. The Hall–Kier alpha value is -2.77. The van der Waals surface area contributed by atoms with E-state index in [1.807, 2.05) is 12.1 Å². The molecule has 0 aliphatic rings. The predicted octanol–water partition coefficient (Wildman–Crippen LogP) is 3.80. The molecule has 0 radical (unpaired) electrons. The van der Waals surface area contributed by atoms with Crippen molar-refractivity contribution >= 4 is 37.4 Å². The monoisotopic (exact) mass is 454 g/mol. The van der Waals surface area contributed by atoms with E-state index in [0.717, 1.165) is 16.4 Å². The highest BCUT2D eigenvalue weighted by atomic mass is 28.4. The third-order valence-electron chi connectivity index (χ3n) is 6.32. The lowest BCUT2D eigenvalue weighted by Crippen LogP contribution is -2.64. The molecule has 162 valence electrons. The van der Waals surface area contributed by atoms with Crippen LogP contribution >= 0.6 is 0 Å². The van der Waals surface area contributed by atoms with Crippen LogP contribution in [0, 0.1) is 0 Å². The molecule has 0 heterocycles. The van der Waals surface area contributed by atoms with Crippen LogP contribution in [-0.4, -0.2) is 30.4 Å². The van der Waals surface area contributed by atoms with E-state index < -0.39 is 16.6 Å². The quantitative estimate of drug-likeness (QED) is 0.358. The van der Waals surface area contributed by atoms with Crippen LogP contribution in [0.1, 0.15) is 0 Å². The predicted molar refractivity (Wildman–Crippen MR) is 139 cm³/mol. The number of rotatable bonds is 9. The van der Waals surface area contributed by atoms with Crippen molar-refractivity contribution < 1.29 is 8.85 Å². The molecule has 0 N–H and O–H groups in total. The van der Waals surface area contributed by atoms with Crippen molar-refractivity contribution in [3.8, 4) is 0 Å². The number of benzene rings is 4. The van der Waals surface area contributed by atoms with Crippen molar-refractivity contribution in [2.24, 2.45) is 0 Å². The highest BCUT2D eigenvalue weighted by Gasteiger charge is 2.42. The van der Waals surface area contributed by atoms with Gasteiger partial charge in [0.1, 0.15) is 8.07 Å². The largest absolute Gasteiger partial charge is 0.406 e. The fourth-order valence-corrected chi connectivity index (χ4v) is 10.8. The summed E-state index contributed by atoms with van der Waals surface area (Å²) >= 11 is 0. The molecule has 0 aliphatic heterocycles. The Morgan fingerprint density at radius 1 is 0.531 bits per heavy atom. The molecule has 0 aromatic heterocycles. The molecular weight excluding hydrogens is 424 g/mol. The molecule has 0 unspecified atom stereocenters. The minimum absolute atomic E-state index is 0.649. The molecule has 4 aromatic rings. The smallest absolute Gasteiger partial charge is 0.391 e. The van der Waals surface area contributed by atoms with E-state index in [1.54, 1.807) is 7.11 Å². The van der Waals surface area contributed by atoms with Gasteiger partial charge in [-0.2, -0.15) is 0 Å². The van der Waals surface area contributed by atoms with Crippen LogP contribution in [0.3, 0.4) is 0 Å². The summed E-state index contributed by atoms with van der Waals surface area (Å²) in [6.07, 6.45) is 0. The van der Waals surface area contributed by atoms with Gasteiger partial charge in [0.05, 0.1) is 0 Å². The molecule has 0 saturated carbocycles. The third kappa shape index (κ3) is 4.54. The molecule has 0 aliphatic carbocycles. The first-order valence-corrected chi connectivity index (χ1v) is 15.6. The van der Waals surface area contributed by atoms with E-state index in [9.17, 15) is 0 Å². The van der Waals surface area contributed by atoms with E-state index in [1.165, 1.54) is 10.4 Å². The maximum absolute atomic E-state index is 6.84. The van der Waals surface area contributed by atoms with Crippen LogP contribution in [-0.2, 0) is 8.85 Å². The van der Waals surface area contributed by atoms with Gasteiger partial charge in [0.2, 0.25) is 0 Å². The zero-order chi connectivity index (χ0) is 22.3. The van der Waals surface area contributed by atoms with Crippen molar-refractivity contribution in [1.29, 1.82) is 0 Å². The summed E-state index contributed by atoms with van der Waals surface area (Å²) in [5, 5.41) is 5.13. The molecule has 4 heteroatoms. The Kier molecular flexibility index (Phi) is 7.17. The van der Waals surface area contributed by atoms with Crippen molar-refractivity contribution in [1.82, 2.24) is 0 Å². The molecular formula is C28H30O2Si2. The van der Waals surface area contributed by atoms with E-state index in [-0.39, 0.29) is 0 Å². The van der Waals surface area contributed by atoms with E-state index >= 15 is 0 Å². The minimum Gasteiger partial charge on any atom is -0.391 e. The summed E-state index contributed by atoms with van der Waals surface area (Å²) in [5.41, 5.74) is 0. The molecule has 0 spiro atoms. The maximum Gasteiger partial charge on any atom is 0.406 e. The number of hydrogen-bond donors (Lipinski definition) is 0. The van der Waals surface area contributed by atoms with Crippen LogP contribution in [0.4, 0.5) is 0 Å². The lowest BCUT2D eigenvalue weighted by atomic mass is 10.4. The van der Waals surface area contributed by atoms with Crippen molar-refractivity contribution in [3.05, 3.63) is 121 Å². The summed E-state index contributed by atoms with van der Waals surface area (Å²) in [7, 11) is -2.99. The zero-order valence-electron chi connectivity index (χ0n) is 18.8. The van der Waals surface area contributed by atoms with E-state index in [4.69, 9.17) is 8.85 Å². The van der Waals surface area contributed by atoms with Crippen LogP contribution in [0.15, 0.2) is 121 Å². The molecule has 32 heavy (non-hydrogen) atoms. The first-order valence-electron chi connectivity index (χ1n) is 11.1. The maximum atomic E-state index is 6.84. The van der Waals surface area contributed by atoms with Gasteiger partial charge < -0.3 is 8.85 Å². The van der Waals surface area contributed by atoms with Crippen molar-refractivity contribution in [2.45, 2.75) is 12.6 Å². The summed E-state index contributed by atoms with van der Waals surface area (Å²) in [5.74, 6) is 0. The first-order chi connectivity index (χ1) is 15.7. The molecule has 2 nitrogen and oxygen atoms in total. The van der Waals surface area contributed by atoms with Crippen LogP contribution < -0.4 is 20.7 Å². The Labute approximate surface area is 193 Å². The van der Waals surface area contributed by atoms with Crippen molar-refractivity contribution in [2.75, 3.05) is 13.7 Å². The minimum atomic E-state index is -2.80. The molecule has 0 saturated heterocycles. The van der Waals surface area contributed by atoms with Gasteiger partial charge in [-0.3, -0.25) is 0 Å². The fraction of sp³-hybridized carbons (Fsp3) is 0.143. The fourth-order valence-electron chi connectivity index (χ4n) is 4.41. The summed E-state index contributed by atoms with van der Waals surface area (Å²) in [6.45, 7) is 3.10. The van der Waals surface area contributed by atoms with Gasteiger partial charge in [-0.15, -0.1) is 0 Å². The lowest BCUT2D eigenvalue weighted by Gasteiger charge is -2.33. The molecule has 4 aromatic carbocycles. The van der Waals surface area contributed by atoms with E-state index in [0.29, 0.717) is 6.61 Å².